The molecule has 1 rings (SSSR count). The van der Waals surface area contributed by atoms with Crippen molar-refractivity contribution in [1.29, 1.82) is 0 Å². The van der Waals surface area contributed by atoms with Crippen LogP contribution in [0.1, 0.15) is 31.9 Å². The molecule has 0 saturated carbocycles. The number of benzene rings is 1. The number of rotatable bonds is 3. The van der Waals surface area contributed by atoms with Crippen LogP contribution in [0.2, 0.25) is 18.1 Å². The molecule has 17 heavy (non-hydrogen) atoms. The Morgan fingerprint density at radius 1 is 1.24 bits per heavy atom. The van der Waals surface area contributed by atoms with Crippen molar-refractivity contribution in [2.75, 3.05) is 0 Å². The van der Waals surface area contributed by atoms with E-state index in [0.717, 1.165) is 11.1 Å². The van der Waals surface area contributed by atoms with Crippen LogP contribution in [0.25, 0.3) is 0 Å². The van der Waals surface area contributed by atoms with Crippen LogP contribution >= 0.6 is 0 Å². The van der Waals surface area contributed by atoms with E-state index in [1.807, 2.05) is 19.1 Å². The lowest BCUT2D eigenvalue weighted by atomic mass is 10.1. The molecule has 1 N–H and O–H groups in total. The SMILES string of the molecule is Cc1ccc(CO[Si](C)(C)C(C)(C)C)cc1O. The molecule has 1 aromatic rings. The molecule has 0 atom stereocenters. The zero-order chi connectivity index (χ0) is 13.3. The fraction of sp³-hybridized carbons (Fsp3) is 0.571. The van der Waals surface area contributed by atoms with Gasteiger partial charge in [-0.15, -0.1) is 0 Å². The van der Waals surface area contributed by atoms with Crippen molar-refractivity contribution >= 4 is 8.32 Å². The molecule has 0 amide bonds. The van der Waals surface area contributed by atoms with Crippen LogP contribution in [0.3, 0.4) is 0 Å². The van der Waals surface area contributed by atoms with Crippen molar-refractivity contribution in [1.82, 2.24) is 0 Å². The van der Waals surface area contributed by atoms with E-state index in [4.69, 9.17) is 4.43 Å². The molecule has 0 aliphatic carbocycles. The molecule has 2 nitrogen and oxygen atoms in total. The Kier molecular flexibility index (Phi) is 4.05. The van der Waals surface area contributed by atoms with Crippen LogP contribution in [-0.2, 0) is 11.0 Å². The van der Waals surface area contributed by atoms with Gasteiger partial charge in [-0.05, 0) is 42.2 Å². The van der Waals surface area contributed by atoms with E-state index >= 15 is 0 Å². The molecule has 96 valence electrons. The summed E-state index contributed by atoms with van der Waals surface area (Å²) >= 11 is 0. The number of aromatic hydroxyl groups is 1. The third-order valence-electron chi connectivity index (χ3n) is 3.68. The molecular weight excluding hydrogens is 228 g/mol. The summed E-state index contributed by atoms with van der Waals surface area (Å²) in [4.78, 5) is 0. The van der Waals surface area contributed by atoms with Gasteiger partial charge in [0.2, 0.25) is 0 Å². The highest BCUT2D eigenvalue weighted by atomic mass is 28.4. The Morgan fingerprint density at radius 2 is 1.82 bits per heavy atom. The highest BCUT2D eigenvalue weighted by Crippen LogP contribution is 2.37. The average Bonchev–Trinajstić information content (AvgIpc) is 2.18. The van der Waals surface area contributed by atoms with Gasteiger partial charge in [0.25, 0.3) is 0 Å². The van der Waals surface area contributed by atoms with E-state index in [9.17, 15) is 5.11 Å². The van der Waals surface area contributed by atoms with Gasteiger partial charge in [0.05, 0.1) is 6.61 Å². The van der Waals surface area contributed by atoms with Crippen LogP contribution in [0, 0.1) is 6.92 Å². The summed E-state index contributed by atoms with van der Waals surface area (Å²) in [5.74, 6) is 0.348. The van der Waals surface area contributed by atoms with Crippen molar-refractivity contribution < 1.29 is 9.53 Å². The summed E-state index contributed by atoms with van der Waals surface area (Å²) in [6.45, 7) is 13.6. The van der Waals surface area contributed by atoms with Crippen molar-refractivity contribution in [3.05, 3.63) is 29.3 Å². The first-order chi connectivity index (χ1) is 7.63. The second-order valence-corrected chi connectivity index (χ2v) is 11.0. The summed E-state index contributed by atoms with van der Waals surface area (Å²) in [5.41, 5.74) is 1.94. The maximum Gasteiger partial charge on any atom is 0.192 e. The standard InChI is InChI=1S/C14H24O2Si/c1-11-7-8-12(9-13(11)15)10-16-17(5,6)14(2,3)4/h7-9,15H,10H2,1-6H3. The monoisotopic (exact) mass is 252 g/mol. The summed E-state index contributed by atoms with van der Waals surface area (Å²) in [6.07, 6.45) is 0. The number of phenols is 1. The van der Waals surface area contributed by atoms with Crippen LogP contribution in [0.4, 0.5) is 0 Å². The highest BCUT2D eigenvalue weighted by molar-refractivity contribution is 6.74. The lowest BCUT2D eigenvalue weighted by molar-refractivity contribution is 0.276. The maximum atomic E-state index is 9.65. The first-order valence-corrected chi connectivity index (χ1v) is 8.97. The third-order valence-corrected chi connectivity index (χ3v) is 8.16. The fourth-order valence-electron chi connectivity index (χ4n) is 1.23. The molecule has 0 bridgehead atoms. The summed E-state index contributed by atoms with van der Waals surface area (Å²) in [5, 5.41) is 9.87. The van der Waals surface area contributed by atoms with Gasteiger partial charge in [0.1, 0.15) is 5.75 Å². The van der Waals surface area contributed by atoms with E-state index in [2.05, 4.69) is 33.9 Å². The normalized spacial score (nSPS) is 12.8. The summed E-state index contributed by atoms with van der Waals surface area (Å²) in [6, 6.07) is 5.74. The van der Waals surface area contributed by atoms with Gasteiger partial charge in [-0.2, -0.15) is 0 Å². The lowest BCUT2D eigenvalue weighted by Gasteiger charge is -2.36. The van der Waals surface area contributed by atoms with Gasteiger partial charge in [-0.3, -0.25) is 0 Å². The maximum absolute atomic E-state index is 9.65. The van der Waals surface area contributed by atoms with E-state index in [-0.39, 0.29) is 5.04 Å². The van der Waals surface area contributed by atoms with Crippen LogP contribution in [-0.4, -0.2) is 13.4 Å². The lowest BCUT2D eigenvalue weighted by Crippen LogP contribution is -2.40. The van der Waals surface area contributed by atoms with Crippen LogP contribution < -0.4 is 0 Å². The minimum atomic E-state index is -1.70. The largest absolute Gasteiger partial charge is 0.508 e. The van der Waals surface area contributed by atoms with Gasteiger partial charge >= 0.3 is 0 Å². The first-order valence-electron chi connectivity index (χ1n) is 6.06. The van der Waals surface area contributed by atoms with Gasteiger partial charge in [0, 0.05) is 0 Å². The Morgan fingerprint density at radius 3 is 2.29 bits per heavy atom. The fourth-order valence-corrected chi connectivity index (χ4v) is 2.19. The highest BCUT2D eigenvalue weighted by Gasteiger charge is 2.36. The molecule has 0 fully saturated rings. The van der Waals surface area contributed by atoms with Gasteiger partial charge in [0.15, 0.2) is 8.32 Å². The average molecular weight is 252 g/mol. The summed E-state index contributed by atoms with van der Waals surface area (Å²) in [7, 11) is -1.70. The molecule has 0 aromatic heterocycles. The number of hydrogen-bond acceptors (Lipinski definition) is 2. The second kappa shape index (κ2) is 4.82. The van der Waals surface area contributed by atoms with Crippen LogP contribution in [0.15, 0.2) is 18.2 Å². The van der Waals surface area contributed by atoms with E-state index in [1.165, 1.54) is 0 Å². The number of phenolic OH excluding ortho intramolecular Hbond substituents is 1. The molecule has 0 aliphatic rings. The minimum absolute atomic E-state index is 0.222. The molecule has 0 radical (unpaired) electrons. The molecule has 3 heteroatoms. The smallest absolute Gasteiger partial charge is 0.192 e. The topological polar surface area (TPSA) is 29.5 Å². The third kappa shape index (κ3) is 3.58. The molecule has 0 heterocycles. The molecule has 0 spiro atoms. The Labute approximate surface area is 106 Å². The van der Waals surface area contributed by atoms with Crippen molar-refractivity contribution in [3.63, 3.8) is 0 Å². The van der Waals surface area contributed by atoms with E-state index in [0.29, 0.717) is 12.4 Å². The summed E-state index contributed by atoms with van der Waals surface area (Å²) < 4.78 is 6.10. The number of hydrogen-bond donors (Lipinski definition) is 1. The molecular formula is C14H24O2Si. The Bertz CT molecular complexity index is 392. The van der Waals surface area contributed by atoms with Crippen molar-refractivity contribution in [2.24, 2.45) is 0 Å². The van der Waals surface area contributed by atoms with Gasteiger partial charge in [-0.25, -0.2) is 0 Å². The quantitative estimate of drug-likeness (QED) is 0.816. The molecule has 0 aliphatic heterocycles. The van der Waals surface area contributed by atoms with Crippen molar-refractivity contribution in [2.45, 2.75) is 52.4 Å². The van der Waals surface area contributed by atoms with Crippen LogP contribution in [0.5, 0.6) is 5.75 Å². The zero-order valence-electron chi connectivity index (χ0n) is 11.8. The molecule has 0 unspecified atom stereocenters. The van der Waals surface area contributed by atoms with Crippen molar-refractivity contribution in [3.8, 4) is 5.75 Å². The first kappa shape index (κ1) is 14.3. The predicted octanol–water partition coefficient (Wildman–Crippen LogP) is 4.22. The van der Waals surface area contributed by atoms with E-state index < -0.39 is 8.32 Å². The van der Waals surface area contributed by atoms with Gasteiger partial charge in [-0.1, -0.05) is 32.9 Å². The predicted molar refractivity (Wildman–Crippen MR) is 74.8 cm³/mol. The Balaban J connectivity index is 2.71. The minimum Gasteiger partial charge on any atom is -0.508 e. The Hall–Kier alpha value is -0.803. The zero-order valence-corrected chi connectivity index (χ0v) is 12.8. The second-order valence-electron chi connectivity index (χ2n) is 6.17. The molecule has 1 aromatic carbocycles. The molecule has 0 saturated heterocycles. The van der Waals surface area contributed by atoms with Gasteiger partial charge < -0.3 is 9.53 Å². The number of aryl methyl sites for hydroxylation is 1. The van der Waals surface area contributed by atoms with E-state index in [1.54, 1.807) is 6.07 Å².